The van der Waals surface area contributed by atoms with E-state index in [0.29, 0.717) is 23.3 Å². The van der Waals surface area contributed by atoms with Gasteiger partial charge in [-0.2, -0.15) is 0 Å². The smallest absolute Gasteiger partial charge is 0.320 e. The lowest BCUT2D eigenvalue weighted by atomic mass is 10.3. The van der Waals surface area contributed by atoms with Gasteiger partial charge in [-0.3, -0.25) is 0 Å². The average Bonchev–Trinajstić information content (AvgIpc) is 2.72. The number of anilines is 2. The number of nitrogens with one attached hydrogen (secondary N) is 1. The summed E-state index contributed by atoms with van der Waals surface area (Å²) in [4.78, 5) is 0. The van der Waals surface area contributed by atoms with Crippen molar-refractivity contribution in [1.82, 2.24) is 10.2 Å². The third-order valence-electron chi connectivity index (χ3n) is 2.06. The number of halogens is 3. The fourth-order valence-corrected chi connectivity index (χ4v) is 1.70. The molecule has 5 nitrogen and oxygen atoms in total. The minimum Gasteiger partial charge on any atom is -0.408 e. The summed E-state index contributed by atoms with van der Waals surface area (Å²) in [5.41, 5.74) is 4.97. The zero-order valence-corrected chi connectivity index (χ0v) is 10.7. The first-order valence-electron chi connectivity index (χ1n) is 5.04. The summed E-state index contributed by atoms with van der Waals surface area (Å²) in [5, 5.41) is 9.67. The van der Waals surface area contributed by atoms with Crippen LogP contribution in [0.3, 0.4) is 0 Å². The average molecular weight is 319 g/mol. The first kappa shape index (κ1) is 12.9. The number of nitrogens with two attached hydrogens (primary N) is 1. The SMILES string of the molecule is NCCc1nnc(Nc2c(F)cc(Br)cc2F)o1. The molecule has 0 radical (unpaired) electrons. The second-order valence-corrected chi connectivity index (χ2v) is 4.32. The first-order valence-corrected chi connectivity index (χ1v) is 5.83. The molecule has 0 aliphatic carbocycles. The Labute approximate surface area is 110 Å². The van der Waals surface area contributed by atoms with Crippen molar-refractivity contribution in [1.29, 1.82) is 0 Å². The van der Waals surface area contributed by atoms with Crippen molar-refractivity contribution in [2.24, 2.45) is 5.73 Å². The molecule has 8 heteroatoms. The first-order chi connectivity index (χ1) is 8.60. The lowest BCUT2D eigenvalue weighted by Crippen LogP contribution is -2.02. The zero-order chi connectivity index (χ0) is 13.1. The number of nitrogens with zero attached hydrogens (tertiary/aromatic N) is 2. The quantitative estimate of drug-likeness (QED) is 0.905. The van der Waals surface area contributed by atoms with Gasteiger partial charge in [0.05, 0.1) is 0 Å². The molecular weight excluding hydrogens is 310 g/mol. The highest BCUT2D eigenvalue weighted by Gasteiger charge is 2.14. The Bertz CT molecular complexity index is 538. The maximum atomic E-state index is 13.5. The molecule has 1 aromatic heterocycles. The van der Waals surface area contributed by atoms with Crippen molar-refractivity contribution in [3.63, 3.8) is 0 Å². The molecule has 0 aliphatic rings. The summed E-state index contributed by atoms with van der Waals surface area (Å²) < 4.78 is 32.4. The van der Waals surface area contributed by atoms with E-state index in [9.17, 15) is 8.78 Å². The van der Waals surface area contributed by atoms with Gasteiger partial charge in [0.2, 0.25) is 5.89 Å². The Morgan fingerprint density at radius 2 is 1.94 bits per heavy atom. The van der Waals surface area contributed by atoms with Crippen LogP contribution in [-0.2, 0) is 6.42 Å². The molecule has 2 aromatic rings. The molecule has 0 unspecified atom stereocenters. The van der Waals surface area contributed by atoms with Gasteiger partial charge in [-0.15, -0.1) is 5.10 Å². The van der Waals surface area contributed by atoms with E-state index in [-0.39, 0.29) is 11.7 Å². The van der Waals surface area contributed by atoms with E-state index >= 15 is 0 Å². The molecule has 0 saturated heterocycles. The Hall–Kier alpha value is -1.54. The lowest BCUT2D eigenvalue weighted by Gasteiger charge is -2.05. The van der Waals surface area contributed by atoms with Gasteiger partial charge in [-0.05, 0) is 12.1 Å². The number of benzene rings is 1. The third-order valence-corrected chi connectivity index (χ3v) is 2.52. The predicted molar refractivity (Wildman–Crippen MR) is 64.4 cm³/mol. The van der Waals surface area contributed by atoms with Crippen LogP contribution in [0.25, 0.3) is 0 Å². The topological polar surface area (TPSA) is 77.0 Å². The molecule has 0 fully saturated rings. The summed E-state index contributed by atoms with van der Waals surface area (Å²) in [6.45, 7) is 0.350. The van der Waals surface area contributed by atoms with Crippen molar-refractivity contribution in [3.8, 4) is 0 Å². The van der Waals surface area contributed by atoms with Crippen molar-refractivity contribution >= 4 is 27.6 Å². The van der Waals surface area contributed by atoms with Gasteiger partial charge >= 0.3 is 6.01 Å². The maximum absolute atomic E-state index is 13.5. The van der Waals surface area contributed by atoms with Gasteiger partial charge in [0.1, 0.15) is 5.69 Å². The molecule has 96 valence electrons. The number of aromatic nitrogens is 2. The van der Waals surface area contributed by atoms with E-state index < -0.39 is 11.6 Å². The highest BCUT2D eigenvalue weighted by atomic mass is 79.9. The minimum absolute atomic E-state index is 0.0847. The van der Waals surface area contributed by atoms with E-state index in [1.54, 1.807) is 0 Å². The number of hydrogen-bond acceptors (Lipinski definition) is 5. The van der Waals surface area contributed by atoms with E-state index in [4.69, 9.17) is 10.2 Å². The Balaban J connectivity index is 2.22. The van der Waals surface area contributed by atoms with Gasteiger partial charge in [-0.25, -0.2) is 8.78 Å². The van der Waals surface area contributed by atoms with Crippen LogP contribution in [0.2, 0.25) is 0 Å². The Morgan fingerprint density at radius 3 is 2.56 bits per heavy atom. The number of hydrogen-bond donors (Lipinski definition) is 2. The molecular formula is C10H9BrF2N4O. The molecule has 2 rings (SSSR count). The van der Waals surface area contributed by atoms with E-state index in [1.165, 1.54) is 0 Å². The van der Waals surface area contributed by atoms with Crippen LogP contribution < -0.4 is 11.1 Å². The molecule has 1 aromatic carbocycles. The molecule has 1 heterocycles. The van der Waals surface area contributed by atoms with Gasteiger partial charge in [-0.1, -0.05) is 21.0 Å². The van der Waals surface area contributed by atoms with E-state index in [2.05, 4.69) is 31.4 Å². The van der Waals surface area contributed by atoms with Crippen LogP contribution >= 0.6 is 15.9 Å². The second kappa shape index (κ2) is 5.40. The number of rotatable bonds is 4. The van der Waals surface area contributed by atoms with Crippen molar-refractivity contribution in [2.75, 3.05) is 11.9 Å². The maximum Gasteiger partial charge on any atom is 0.320 e. The van der Waals surface area contributed by atoms with Gasteiger partial charge < -0.3 is 15.5 Å². The van der Waals surface area contributed by atoms with Gasteiger partial charge in [0, 0.05) is 17.4 Å². The summed E-state index contributed by atoms with van der Waals surface area (Å²) >= 11 is 2.98. The molecule has 0 aliphatic heterocycles. The second-order valence-electron chi connectivity index (χ2n) is 3.41. The van der Waals surface area contributed by atoms with Crippen LogP contribution in [0.5, 0.6) is 0 Å². The summed E-state index contributed by atoms with van der Waals surface area (Å²) in [6.07, 6.45) is 0.403. The normalized spacial score (nSPS) is 10.7. The predicted octanol–water partition coefficient (Wildman–Crippen LogP) is 2.36. The molecule has 0 bridgehead atoms. The molecule has 0 atom stereocenters. The van der Waals surface area contributed by atoms with Crippen LogP contribution in [0, 0.1) is 11.6 Å². The van der Waals surface area contributed by atoms with Gasteiger partial charge in [0.15, 0.2) is 11.6 Å². The van der Waals surface area contributed by atoms with E-state index in [1.807, 2.05) is 0 Å². The molecule has 18 heavy (non-hydrogen) atoms. The van der Waals surface area contributed by atoms with Crippen molar-refractivity contribution in [3.05, 3.63) is 34.1 Å². The molecule has 0 spiro atoms. The van der Waals surface area contributed by atoms with Crippen molar-refractivity contribution < 1.29 is 13.2 Å². The molecule has 0 amide bonds. The molecule has 3 N–H and O–H groups in total. The largest absolute Gasteiger partial charge is 0.408 e. The third kappa shape index (κ3) is 2.82. The fraction of sp³-hybridized carbons (Fsp3) is 0.200. The summed E-state index contributed by atoms with van der Waals surface area (Å²) in [5.74, 6) is -1.22. The highest BCUT2D eigenvalue weighted by molar-refractivity contribution is 9.10. The summed E-state index contributed by atoms with van der Waals surface area (Å²) in [6, 6.07) is 2.17. The standard InChI is InChI=1S/C10H9BrF2N4O/c11-5-3-6(12)9(7(13)4-5)15-10-17-16-8(18-10)1-2-14/h3-4H,1-2,14H2,(H,15,17). The Kier molecular flexibility index (Phi) is 3.87. The zero-order valence-electron chi connectivity index (χ0n) is 9.08. The van der Waals surface area contributed by atoms with Crippen LogP contribution in [0.15, 0.2) is 21.0 Å². The van der Waals surface area contributed by atoms with Crippen LogP contribution in [-0.4, -0.2) is 16.7 Å². The van der Waals surface area contributed by atoms with E-state index in [0.717, 1.165) is 12.1 Å². The van der Waals surface area contributed by atoms with Crippen LogP contribution in [0.4, 0.5) is 20.5 Å². The lowest BCUT2D eigenvalue weighted by molar-refractivity contribution is 0.507. The molecule has 0 saturated carbocycles. The van der Waals surface area contributed by atoms with Gasteiger partial charge in [0.25, 0.3) is 0 Å². The van der Waals surface area contributed by atoms with Crippen LogP contribution in [0.1, 0.15) is 5.89 Å². The van der Waals surface area contributed by atoms with Crippen molar-refractivity contribution in [2.45, 2.75) is 6.42 Å². The minimum atomic E-state index is -0.763. The summed E-state index contributed by atoms with van der Waals surface area (Å²) in [7, 11) is 0. The monoisotopic (exact) mass is 318 g/mol. The Morgan fingerprint density at radius 1 is 1.28 bits per heavy atom. The highest BCUT2D eigenvalue weighted by Crippen LogP contribution is 2.26. The fourth-order valence-electron chi connectivity index (χ4n) is 1.30.